The zero-order chi connectivity index (χ0) is 12.4. The molecular formula is C14H33NP+. The summed E-state index contributed by atoms with van der Waals surface area (Å²) in [4.78, 5) is 0. The summed E-state index contributed by atoms with van der Waals surface area (Å²) in [6.07, 6.45) is 12.8. The topological polar surface area (TPSA) is 3.24 Å². The maximum absolute atomic E-state index is 2.55. The summed E-state index contributed by atoms with van der Waals surface area (Å²) >= 11 is 0. The highest BCUT2D eigenvalue weighted by atomic mass is 31.2. The molecule has 0 saturated carbocycles. The Bertz CT molecular complexity index is 159. The molecule has 0 bridgehead atoms. The van der Waals surface area contributed by atoms with Gasteiger partial charge in [0.15, 0.2) is 0 Å². The molecule has 0 saturated heterocycles. The SMILES string of the molecule is CCCCCC[P+](C)(CCCCC)N(C)C. The van der Waals surface area contributed by atoms with Gasteiger partial charge in [0.25, 0.3) is 0 Å². The molecule has 1 atom stereocenters. The fourth-order valence-electron chi connectivity index (χ4n) is 2.09. The van der Waals surface area contributed by atoms with E-state index in [9.17, 15) is 0 Å². The molecular weight excluding hydrogens is 213 g/mol. The number of hydrogen-bond acceptors (Lipinski definition) is 1. The van der Waals surface area contributed by atoms with Crippen LogP contribution < -0.4 is 0 Å². The highest BCUT2D eigenvalue weighted by Gasteiger charge is 2.33. The second-order valence-corrected chi connectivity index (χ2v) is 9.77. The average Bonchev–Trinajstić information content (AvgIpc) is 2.25. The quantitative estimate of drug-likeness (QED) is 0.392. The van der Waals surface area contributed by atoms with Gasteiger partial charge >= 0.3 is 0 Å². The predicted molar refractivity (Wildman–Crippen MR) is 79.9 cm³/mol. The van der Waals surface area contributed by atoms with Gasteiger partial charge in [0.05, 0.1) is 26.4 Å². The van der Waals surface area contributed by atoms with Gasteiger partial charge in [-0.05, 0) is 19.3 Å². The molecule has 0 fully saturated rings. The molecule has 0 N–H and O–H groups in total. The third-order valence-electron chi connectivity index (χ3n) is 3.70. The molecule has 0 spiro atoms. The first-order chi connectivity index (χ1) is 7.56. The van der Waals surface area contributed by atoms with Crippen molar-refractivity contribution in [3.63, 3.8) is 0 Å². The van der Waals surface area contributed by atoms with E-state index in [1.165, 1.54) is 57.3 Å². The third kappa shape index (κ3) is 6.86. The molecule has 0 rings (SSSR count). The zero-order valence-electron chi connectivity index (χ0n) is 12.3. The van der Waals surface area contributed by atoms with Crippen molar-refractivity contribution in [2.24, 2.45) is 0 Å². The number of unbranched alkanes of at least 4 members (excludes halogenated alkanes) is 5. The molecule has 0 aliphatic heterocycles. The third-order valence-corrected chi connectivity index (χ3v) is 8.19. The van der Waals surface area contributed by atoms with Crippen LogP contribution >= 0.6 is 7.41 Å². The number of rotatable bonds is 10. The Labute approximate surface area is 104 Å². The smallest absolute Gasteiger partial charge is 0.0794 e. The fraction of sp³-hybridized carbons (Fsp3) is 1.00. The van der Waals surface area contributed by atoms with Gasteiger partial charge in [-0.25, -0.2) is 0 Å². The second kappa shape index (κ2) is 9.42. The molecule has 0 amide bonds. The fourth-order valence-corrected chi connectivity index (χ4v) is 4.93. The van der Waals surface area contributed by atoms with Crippen LogP contribution in [0.15, 0.2) is 0 Å². The van der Waals surface area contributed by atoms with Crippen LogP contribution in [0.25, 0.3) is 0 Å². The van der Waals surface area contributed by atoms with Crippen LogP contribution in [0.3, 0.4) is 0 Å². The summed E-state index contributed by atoms with van der Waals surface area (Å²) < 4.78 is 2.55. The summed E-state index contributed by atoms with van der Waals surface area (Å²) in [5.74, 6) is 0. The van der Waals surface area contributed by atoms with Gasteiger partial charge in [-0.3, -0.25) is 0 Å². The summed E-state index contributed by atoms with van der Waals surface area (Å²) in [5, 5.41) is 0. The molecule has 0 radical (unpaired) electrons. The van der Waals surface area contributed by atoms with E-state index in [2.05, 4.69) is 39.3 Å². The van der Waals surface area contributed by atoms with E-state index in [4.69, 9.17) is 0 Å². The standard InChI is InChI=1S/C14H33NP/c1-6-8-10-12-14-16(5,15(3)4)13-11-9-7-2/h6-14H2,1-5H3/q+1. The summed E-state index contributed by atoms with van der Waals surface area (Å²) in [5.41, 5.74) is 0. The Morgan fingerprint density at radius 1 is 0.750 bits per heavy atom. The molecule has 0 aromatic rings. The molecule has 98 valence electrons. The maximum Gasteiger partial charge on any atom is 0.0794 e. The monoisotopic (exact) mass is 246 g/mol. The van der Waals surface area contributed by atoms with Crippen LogP contribution in [0, 0.1) is 0 Å². The lowest BCUT2D eigenvalue weighted by Gasteiger charge is -2.29. The van der Waals surface area contributed by atoms with Crippen molar-refractivity contribution in [1.82, 2.24) is 4.67 Å². The van der Waals surface area contributed by atoms with Crippen molar-refractivity contribution in [3.8, 4) is 0 Å². The largest absolute Gasteiger partial charge is 0.187 e. The van der Waals surface area contributed by atoms with Gasteiger partial charge in [-0.15, -0.1) is 0 Å². The lowest BCUT2D eigenvalue weighted by Crippen LogP contribution is -2.19. The van der Waals surface area contributed by atoms with Gasteiger partial charge in [0.2, 0.25) is 0 Å². The van der Waals surface area contributed by atoms with Crippen LogP contribution in [-0.2, 0) is 0 Å². The van der Waals surface area contributed by atoms with E-state index in [0.717, 1.165) is 0 Å². The van der Waals surface area contributed by atoms with E-state index < -0.39 is 7.41 Å². The zero-order valence-corrected chi connectivity index (χ0v) is 13.2. The molecule has 1 nitrogen and oxygen atoms in total. The van der Waals surface area contributed by atoms with Gasteiger partial charge in [0.1, 0.15) is 0 Å². The van der Waals surface area contributed by atoms with Crippen molar-refractivity contribution in [2.45, 2.75) is 58.8 Å². The molecule has 0 aliphatic rings. The highest BCUT2D eigenvalue weighted by molar-refractivity contribution is 7.72. The lowest BCUT2D eigenvalue weighted by molar-refractivity contribution is 0.635. The van der Waals surface area contributed by atoms with Crippen LogP contribution in [-0.4, -0.2) is 37.8 Å². The minimum Gasteiger partial charge on any atom is -0.187 e. The van der Waals surface area contributed by atoms with E-state index in [0.29, 0.717) is 0 Å². The first kappa shape index (κ1) is 16.4. The first-order valence-electron chi connectivity index (χ1n) is 7.09. The van der Waals surface area contributed by atoms with E-state index in [1.54, 1.807) is 0 Å². The maximum atomic E-state index is 2.55. The Kier molecular flexibility index (Phi) is 9.65. The van der Waals surface area contributed by atoms with E-state index in [1.807, 2.05) is 0 Å². The molecule has 2 heteroatoms. The first-order valence-corrected chi connectivity index (χ1v) is 9.65. The lowest BCUT2D eigenvalue weighted by atomic mass is 10.2. The van der Waals surface area contributed by atoms with E-state index >= 15 is 0 Å². The van der Waals surface area contributed by atoms with Crippen LogP contribution in [0.5, 0.6) is 0 Å². The minimum absolute atomic E-state index is 0.778. The number of nitrogens with zero attached hydrogens (tertiary/aromatic N) is 1. The molecule has 16 heavy (non-hydrogen) atoms. The average molecular weight is 246 g/mol. The van der Waals surface area contributed by atoms with E-state index in [-0.39, 0.29) is 0 Å². The Balaban J connectivity index is 3.91. The Morgan fingerprint density at radius 3 is 1.62 bits per heavy atom. The summed E-state index contributed by atoms with van der Waals surface area (Å²) in [7, 11) is 3.80. The van der Waals surface area contributed by atoms with Crippen molar-refractivity contribution in [3.05, 3.63) is 0 Å². The molecule has 0 aliphatic carbocycles. The van der Waals surface area contributed by atoms with Crippen molar-refractivity contribution < 1.29 is 0 Å². The summed E-state index contributed by atoms with van der Waals surface area (Å²) in [6, 6.07) is 0. The van der Waals surface area contributed by atoms with Crippen LogP contribution in [0.2, 0.25) is 0 Å². The Hall–Kier alpha value is 0.390. The highest BCUT2D eigenvalue weighted by Crippen LogP contribution is 2.58. The van der Waals surface area contributed by atoms with Crippen molar-refractivity contribution in [1.29, 1.82) is 0 Å². The van der Waals surface area contributed by atoms with Crippen molar-refractivity contribution >= 4 is 7.41 Å². The predicted octanol–water partition coefficient (Wildman–Crippen LogP) is 4.88. The number of hydrogen-bond donors (Lipinski definition) is 0. The minimum atomic E-state index is -0.778. The van der Waals surface area contributed by atoms with Crippen LogP contribution in [0.1, 0.15) is 58.8 Å². The molecule has 1 unspecified atom stereocenters. The second-order valence-electron chi connectivity index (χ2n) is 5.40. The molecule has 0 heterocycles. The molecule has 0 aromatic heterocycles. The van der Waals surface area contributed by atoms with Gasteiger partial charge in [0, 0.05) is 14.1 Å². The van der Waals surface area contributed by atoms with Crippen molar-refractivity contribution in [2.75, 3.05) is 33.1 Å². The normalized spacial score (nSPS) is 15.4. The van der Waals surface area contributed by atoms with Gasteiger partial charge < -0.3 is 0 Å². The van der Waals surface area contributed by atoms with Gasteiger partial charge in [-0.2, -0.15) is 4.67 Å². The van der Waals surface area contributed by atoms with Gasteiger partial charge in [-0.1, -0.05) is 39.5 Å². The Morgan fingerprint density at radius 2 is 1.19 bits per heavy atom. The van der Waals surface area contributed by atoms with Crippen LogP contribution in [0.4, 0.5) is 0 Å². The molecule has 0 aromatic carbocycles. The summed E-state index contributed by atoms with van der Waals surface area (Å²) in [6.45, 7) is 7.14.